The molecule has 3 nitrogen and oxygen atoms in total. The van der Waals surface area contributed by atoms with Gasteiger partial charge in [-0.2, -0.15) is 5.26 Å². The maximum Gasteiger partial charge on any atom is 0.0991 e. The lowest BCUT2D eigenvalue weighted by molar-refractivity contribution is 0.624. The van der Waals surface area contributed by atoms with Gasteiger partial charge < -0.3 is 4.57 Å². The van der Waals surface area contributed by atoms with Crippen LogP contribution in [-0.4, -0.2) is 9.55 Å². The average Bonchev–Trinajstić information content (AvgIpc) is 3.14. The second kappa shape index (κ2) is 7.78. The summed E-state index contributed by atoms with van der Waals surface area (Å²) in [7, 11) is 0. The highest BCUT2D eigenvalue weighted by Crippen LogP contribution is 2.30. The van der Waals surface area contributed by atoms with E-state index in [4.69, 9.17) is 5.26 Å². The van der Waals surface area contributed by atoms with Crippen molar-refractivity contribution in [1.82, 2.24) is 9.55 Å². The molecule has 0 N–H and O–H groups in total. The smallest absolute Gasteiger partial charge is 0.0991 e. The monoisotopic (exact) mass is 305 g/mol. The van der Waals surface area contributed by atoms with Gasteiger partial charge in [-0.25, -0.2) is 4.98 Å². The van der Waals surface area contributed by atoms with E-state index in [2.05, 4.69) is 27.8 Å². The summed E-state index contributed by atoms with van der Waals surface area (Å²) in [6, 6.07) is 10.1. The van der Waals surface area contributed by atoms with Crippen molar-refractivity contribution in [3.63, 3.8) is 0 Å². The summed E-state index contributed by atoms with van der Waals surface area (Å²) in [4.78, 5) is 4.23. The Morgan fingerprint density at radius 3 is 2.17 bits per heavy atom. The molecule has 0 bridgehead atoms. The fourth-order valence-corrected chi connectivity index (χ4v) is 3.38. The highest BCUT2D eigenvalue weighted by Gasteiger charge is 2.13. The molecular formula is C20H23N3. The quantitative estimate of drug-likeness (QED) is 0.770. The first-order valence-corrected chi connectivity index (χ1v) is 8.59. The van der Waals surface area contributed by atoms with Crippen molar-refractivity contribution in [2.75, 3.05) is 0 Å². The van der Waals surface area contributed by atoms with Crippen molar-refractivity contribution >= 4 is 5.70 Å². The molecule has 23 heavy (non-hydrogen) atoms. The minimum absolute atomic E-state index is 0.707. The van der Waals surface area contributed by atoms with Gasteiger partial charge in [0.1, 0.15) is 0 Å². The van der Waals surface area contributed by atoms with Crippen LogP contribution in [-0.2, 0) is 0 Å². The lowest BCUT2D eigenvalue weighted by Crippen LogP contribution is -2.02. The van der Waals surface area contributed by atoms with E-state index in [1.54, 1.807) is 0 Å². The van der Waals surface area contributed by atoms with E-state index in [1.807, 2.05) is 30.9 Å². The Hall–Kier alpha value is -2.34. The Labute approximate surface area is 138 Å². The van der Waals surface area contributed by atoms with E-state index in [0.717, 1.165) is 12.8 Å². The predicted octanol–water partition coefficient (Wildman–Crippen LogP) is 5.15. The Morgan fingerprint density at radius 2 is 1.61 bits per heavy atom. The number of aromatic nitrogens is 2. The summed E-state index contributed by atoms with van der Waals surface area (Å²) in [5, 5.41) is 9.02. The third-order valence-corrected chi connectivity index (χ3v) is 4.59. The lowest BCUT2D eigenvalue weighted by Gasteiger charge is -2.17. The Bertz CT molecular complexity index is 675. The van der Waals surface area contributed by atoms with Crippen LogP contribution >= 0.6 is 0 Å². The van der Waals surface area contributed by atoms with Crippen molar-refractivity contribution in [3.8, 4) is 6.07 Å². The maximum atomic E-state index is 9.02. The topological polar surface area (TPSA) is 41.6 Å². The average molecular weight is 305 g/mol. The van der Waals surface area contributed by atoms with E-state index in [9.17, 15) is 0 Å². The largest absolute Gasteiger partial charge is 0.306 e. The van der Waals surface area contributed by atoms with Gasteiger partial charge in [0, 0.05) is 12.4 Å². The Balaban J connectivity index is 2.02. The molecule has 0 radical (unpaired) electrons. The highest BCUT2D eigenvalue weighted by molar-refractivity contribution is 5.69. The van der Waals surface area contributed by atoms with Crippen molar-refractivity contribution < 1.29 is 0 Å². The first-order valence-electron chi connectivity index (χ1n) is 8.59. The van der Waals surface area contributed by atoms with Gasteiger partial charge in [0.15, 0.2) is 0 Å². The molecule has 2 aromatic rings. The molecule has 1 heterocycles. The van der Waals surface area contributed by atoms with Crippen LogP contribution in [0.3, 0.4) is 0 Å². The van der Waals surface area contributed by atoms with Gasteiger partial charge in [-0.15, -0.1) is 0 Å². The van der Waals surface area contributed by atoms with E-state index < -0.39 is 0 Å². The summed E-state index contributed by atoms with van der Waals surface area (Å²) in [5.74, 6) is 0. The standard InChI is InChI=1S/C20H23N3/c21-15-17-9-11-19(12-10-17)20(23-14-13-22-16-23)18-7-5-3-1-2-4-6-8-18/h9-14,16H,1-8H2. The molecule has 0 saturated heterocycles. The zero-order valence-electron chi connectivity index (χ0n) is 13.5. The van der Waals surface area contributed by atoms with Crippen LogP contribution in [0.25, 0.3) is 5.70 Å². The van der Waals surface area contributed by atoms with Crippen LogP contribution in [0.15, 0.2) is 48.6 Å². The van der Waals surface area contributed by atoms with E-state index >= 15 is 0 Å². The van der Waals surface area contributed by atoms with Crippen LogP contribution in [0, 0.1) is 11.3 Å². The van der Waals surface area contributed by atoms with E-state index in [1.165, 1.54) is 55.4 Å². The molecule has 3 rings (SSSR count). The molecule has 0 spiro atoms. The van der Waals surface area contributed by atoms with Gasteiger partial charge >= 0.3 is 0 Å². The minimum atomic E-state index is 0.707. The van der Waals surface area contributed by atoms with Gasteiger partial charge in [0.2, 0.25) is 0 Å². The van der Waals surface area contributed by atoms with Crippen LogP contribution in [0.1, 0.15) is 62.5 Å². The normalized spacial score (nSPS) is 16.0. The fraction of sp³-hybridized carbons (Fsp3) is 0.400. The summed E-state index contributed by atoms with van der Waals surface area (Å²) in [5.41, 5.74) is 4.66. The predicted molar refractivity (Wildman–Crippen MR) is 92.6 cm³/mol. The van der Waals surface area contributed by atoms with E-state index in [0.29, 0.717) is 5.56 Å². The van der Waals surface area contributed by atoms with Crippen molar-refractivity contribution in [1.29, 1.82) is 5.26 Å². The second-order valence-corrected chi connectivity index (χ2v) is 6.23. The lowest BCUT2D eigenvalue weighted by atomic mass is 9.97. The Kier molecular flexibility index (Phi) is 5.26. The van der Waals surface area contributed by atoms with E-state index in [-0.39, 0.29) is 0 Å². The first-order chi connectivity index (χ1) is 11.4. The third kappa shape index (κ3) is 3.90. The van der Waals surface area contributed by atoms with Crippen molar-refractivity contribution in [3.05, 3.63) is 59.7 Å². The van der Waals surface area contributed by atoms with Crippen LogP contribution in [0.5, 0.6) is 0 Å². The molecule has 1 aliphatic rings. The molecule has 3 heteroatoms. The summed E-state index contributed by atoms with van der Waals surface area (Å²) in [6.45, 7) is 0. The number of hydrogen-bond acceptors (Lipinski definition) is 2. The van der Waals surface area contributed by atoms with Gasteiger partial charge in [0.25, 0.3) is 0 Å². The molecule has 1 fully saturated rings. The minimum Gasteiger partial charge on any atom is -0.306 e. The molecule has 0 unspecified atom stereocenters. The number of nitrogens with zero attached hydrogens (tertiary/aromatic N) is 3. The van der Waals surface area contributed by atoms with Crippen LogP contribution in [0.4, 0.5) is 0 Å². The molecule has 1 saturated carbocycles. The van der Waals surface area contributed by atoms with Crippen LogP contribution < -0.4 is 0 Å². The van der Waals surface area contributed by atoms with Gasteiger partial charge in [-0.3, -0.25) is 0 Å². The highest BCUT2D eigenvalue weighted by atomic mass is 15.0. The maximum absolute atomic E-state index is 9.02. The van der Waals surface area contributed by atoms with Crippen molar-refractivity contribution in [2.24, 2.45) is 0 Å². The molecular weight excluding hydrogens is 282 g/mol. The number of rotatable bonds is 2. The second-order valence-electron chi connectivity index (χ2n) is 6.23. The Morgan fingerprint density at radius 1 is 0.957 bits per heavy atom. The number of hydrogen-bond donors (Lipinski definition) is 0. The molecule has 0 atom stereocenters. The molecule has 1 aliphatic carbocycles. The number of allylic oxidation sites excluding steroid dienone is 1. The summed E-state index contributed by atoms with van der Waals surface area (Å²) in [6.07, 6.45) is 16.0. The van der Waals surface area contributed by atoms with Gasteiger partial charge in [-0.05, 0) is 49.0 Å². The van der Waals surface area contributed by atoms with Gasteiger partial charge in [-0.1, -0.05) is 37.8 Å². The molecule has 0 aliphatic heterocycles. The first kappa shape index (κ1) is 15.6. The van der Waals surface area contributed by atoms with Gasteiger partial charge in [0.05, 0.1) is 23.7 Å². The molecule has 118 valence electrons. The summed E-state index contributed by atoms with van der Waals surface area (Å²) >= 11 is 0. The molecule has 1 aromatic carbocycles. The SMILES string of the molecule is N#Cc1ccc(C(=C2CCCCCCCC2)n2ccnc2)cc1. The van der Waals surface area contributed by atoms with Crippen LogP contribution in [0.2, 0.25) is 0 Å². The van der Waals surface area contributed by atoms with Crippen molar-refractivity contribution in [2.45, 2.75) is 51.4 Å². The zero-order valence-corrected chi connectivity index (χ0v) is 13.5. The molecule has 1 aromatic heterocycles. The zero-order chi connectivity index (χ0) is 15.9. The number of benzene rings is 1. The summed E-state index contributed by atoms with van der Waals surface area (Å²) < 4.78 is 2.13. The number of nitriles is 1. The fourth-order valence-electron chi connectivity index (χ4n) is 3.38. The number of imidazole rings is 1. The third-order valence-electron chi connectivity index (χ3n) is 4.59. The molecule has 0 amide bonds.